The third-order valence-electron chi connectivity index (χ3n) is 3.25. The number of unbranched alkanes of at least 4 members (excludes halogenated alkanes) is 3. The van der Waals surface area contributed by atoms with E-state index in [4.69, 9.17) is 0 Å². The molecule has 0 N–H and O–H groups in total. The van der Waals surface area contributed by atoms with Crippen LogP contribution in [0.15, 0.2) is 6.07 Å². The van der Waals surface area contributed by atoms with Crippen molar-refractivity contribution in [2.24, 2.45) is 0 Å². The molecule has 0 aliphatic carbocycles. The van der Waals surface area contributed by atoms with Gasteiger partial charge in [0, 0.05) is 9.75 Å². The van der Waals surface area contributed by atoms with Gasteiger partial charge in [-0.25, -0.2) is 0 Å². The first kappa shape index (κ1) is 14.8. The van der Waals surface area contributed by atoms with Crippen molar-refractivity contribution in [2.75, 3.05) is 0 Å². The maximum atomic E-state index is 2.47. The summed E-state index contributed by atoms with van der Waals surface area (Å²) in [5.41, 5.74) is 1.63. The molecule has 1 heterocycles. The van der Waals surface area contributed by atoms with Crippen LogP contribution >= 0.6 is 11.3 Å². The molecule has 0 bridgehead atoms. The average Bonchev–Trinajstić information content (AvgIpc) is 2.68. The van der Waals surface area contributed by atoms with E-state index in [2.05, 4.69) is 40.7 Å². The van der Waals surface area contributed by atoms with E-state index in [0.29, 0.717) is 11.8 Å². The van der Waals surface area contributed by atoms with Gasteiger partial charge < -0.3 is 0 Å². The summed E-state index contributed by atoms with van der Waals surface area (Å²) in [5, 5.41) is 0. The number of aryl methyl sites for hydroxylation is 1. The molecule has 0 saturated heterocycles. The highest BCUT2D eigenvalue weighted by Crippen LogP contribution is 2.34. The molecule has 0 aromatic carbocycles. The second kappa shape index (κ2) is 7.20. The zero-order valence-corrected chi connectivity index (χ0v) is 13.0. The van der Waals surface area contributed by atoms with Crippen LogP contribution in [0.5, 0.6) is 0 Å². The van der Waals surface area contributed by atoms with E-state index >= 15 is 0 Å². The molecule has 0 aliphatic rings. The fourth-order valence-corrected chi connectivity index (χ4v) is 3.39. The van der Waals surface area contributed by atoms with Crippen LogP contribution in [0.25, 0.3) is 0 Å². The predicted octanol–water partition coefficient (Wildman–Crippen LogP) is 6.12. The zero-order valence-electron chi connectivity index (χ0n) is 12.2. The Hall–Kier alpha value is -0.300. The van der Waals surface area contributed by atoms with E-state index in [-0.39, 0.29) is 0 Å². The van der Waals surface area contributed by atoms with Crippen LogP contribution < -0.4 is 0 Å². The highest BCUT2D eigenvalue weighted by molar-refractivity contribution is 7.12. The Morgan fingerprint density at radius 3 is 2.24 bits per heavy atom. The summed E-state index contributed by atoms with van der Waals surface area (Å²) in [7, 11) is 0. The molecule has 0 atom stereocenters. The molecule has 1 rings (SSSR count). The predicted molar refractivity (Wildman–Crippen MR) is 80.3 cm³/mol. The van der Waals surface area contributed by atoms with Gasteiger partial charge in [-0.15, -0.1) is 11.3 Å². The fourth-order valence-electron chi connectivity index (χ4n) is 2.18. The Morgan fingerprint density at radius 2 is 1.71 bits per heavy atom. The van der Waals surface area contributed by atoms with Gasteiger partial charge in [-0.2, -0.15) is 0 Å². The van der Waals surface area contributed by atoms with Gasteiger partial charge in [-0.05, 0) is 36.3 Å². The first-order valence-electron chi connectivity index (χ1n) is 7.18. The van der Waals surface area contributed by atoms with Gasteiger partial charge in [0.1, 0.15) is 0 Å². The largest absolute Gasteiger partial charge is 0.145 e. The quantitative estimate of drug-likeness (QED) is 0.513. The molecule has 0 radical (unpaired) electrons. The van der Waals surface area contributed by atoms with Crippen LogP contribution in [-0.2, 0) is 6.42 Å². The van der Waals surface area contributed by atoms with Gasteiger partial charge >= 0.3 is 0 Å². The minimum absolute atomic E-state index is 0.682. The van der Waals surface area contributed by atoms with Crippen molar-refractivity contribution in [3.63, 3.8) is 0 Å². The Labute approximate surface area is 111 Å². The van der Waals surface area contributed by atoms with Gasteiger partial charge in [-0.3, -0.25) is 0 Å². The number of rotatable bonds is 7. The van der Waals surface area contributed by atoms with Crippen molar-refractivity contribution >= 4 is 11.3 Å². The Bertz CT molecular complexity index is 320. The Balaban J connectivity index is 2.68. The Kier molecular flexibility index (Phi) is 6.26. The summed E-state index contributed by atoms with van der Waals surface area (Å²) in [6.07, 6.45) is 6.76. The summed E-state index contributed by atoms with van der Waals surface area (Å²) < 4.78 is 0. The maximum absolute atomic E-state index is 2.47. The first-order chi connectivity index (χ1) is 8.06. The second-order valence-electron chi connectivity index (χ2n) is 5.66. The van der Waals surface area contributed by atoms with E-state index in [1.54, 1.807) is 15.3 Å². The standard InChI is InChI=1S/C16H28S/c1-6-7-8-9-10-14-11-15(12(2)3)17-16(14)13(4)5/h11-13H,6-10H2,1-5H3. The van der Waals surface area contributed by atoms with Crippen molar-refractivity contribution in [3.8, 4) is 0 Å². The SMILES string of the molecule is CCCCCCc1cc(C(C)C)sc1C(C)C. The molecule has 98 valence electrons. The molecule has 0 spiro atoms. The molecule has 17 heavy (non-hydrogen) atoms. The molecule has 0 amide bonds. The van der Waals surface area contributed by atoms with E-state index in [0.717, 1.165) is 0 Å². The van der Waals surface area contributed by atoms with Crippen LogP contribution in [-0.4, -0.2) is 0 Å². The summed E-state index contributed by atoms with van der Waals surface area (Å²) in [5.74, 6) is 1.37. The van der Waals surface area contributed by atoms with Gasteiger partial charge in [0.2, 0.25) is 0 Å². The smallest absolute Gasteiger partial charge is 0.0106 e. The van der Waals surface area contributed by atoms with E-state index < -0.39 is 0 Å². The second-order valence-corrected chi connectivity index (χ2v) is 6.77. The topological polar surface area (TPSA) is 0 Å². The molecule has 1 aromatic heterocycles. The van der Waals surface area contributed by atoms with Crippen molar-refractivity contribution < 1.29 is 0 Å². The van der Waals surface area contributed by atoms with E-state index in [9.17, 15) is 0 Å². The van der Waals surface area contributed by atoms with Crippen LogP contribution in [0.3, 0.4) is 0 Å². The van der Waals surface area contributed by atoms with Gasteiger partial charge in [0.05, 0.1) is 0 Å². The van der Waals surface area contributed by atoms with E-state index in [1.807, 2.05) is 11.3 Å². The minimum atomic E-state index is 0.682. The summed E-state index contributed by atoms with van der Waals surface area (Å²) in [6, 6.07) is 2.47. The fraction of sp³-hybridized carbons (Fsp3) is 0.750. The van der Waals surface area contributed by atoms with Crippen LogP contribution in [0.2, 0.25) is 0 Å². The molecular weight excluding hydrogens is 224 g/mol. The highest BCUT2D eigenvalue weighted by Gasteiger charge is 2.13. The summed E-state index contributed by atoms with van der Waals surface area (Å²) in [4.78, 5) is 3.20. The van der Waals surface area contributed by atoms with E-state index in [1.165, 1.54) is 32.1 Å². The monoisotopic (exact) mass is 252 g/mol. The van der Waals surface area contributed by atoms with Crippen LogP contribution in [0, 0.1) is 0 Å². The summed E-state index contributed by atoms with van der Waals surface area (Å²) in [6.45, 7) is 11.5. The van der Waals surface area contributed by atoms with Crippen LogP contribution in [0.4, 0.5) is 0 Å². The lowest BCUT2D eigenvalue weighted by Crippen LogP contribution is -1.91. The third-order valence-corrected chi connectivity index (χ3v) is 5.03. The lowest BCUT2D eigenvalue weighted by molar-refractivity contribution is 0.663. The minimum Gasteiger partial charge on any atom is -0.145 e. The van der Waals surface area contributed by atoms with Gasteiger partial charge in [0.25, 0.3) is 0 Å². The van der Waals surface area contributed by atoms with Gasteiger partial charge in [0.15, 0.2) is 0 Å². The molecule has 1 heteroatoms. The summed E-state index contributed by atoms with van der Waals surface area (Å²) >= 11 is 2.04. The molecule has 0 fully saturated rings. The molecule has 0 aliphatic heterocycles. The van der Waals surface area contributed by atoms with Crippen molar-refractivity contribution in [1.82, 2.24) is 0 Å². The molecule has 0 saturated carbocycles. The molecule has 0 nitrogen and oxygen atoms in total. The lowest BCUT2D eigenvalue weighted by atomic mass is 10.0. The van der Waals surface area contributed by atoms with Crippen molar-refractivity contribution in [2.45, 2.75) is 78.6 Å². The molecule has 1 aromatic rings. The van der Waals surface area contributed by atoms with Crippen molar-refractivity contribution in [3.05, 3.63) is 21.4 Å². The molecule has 0 unspecified atom stereocenters. The number of thiophene rings is 1. The molecular formula is C16H28S. The van der Waals surface area contributed by atoms with Crippen LogP contribution in [0.1, 0.15) is 87.5 Å². The normalized spacial score (nSPS) is 11.7. The van der Waals surface area contributed by atoms with Crippen molar-refractivity contribution in [1.29, 1.82) is 0 Å². The lowest BCUT2D eigenvalue weighted by Gasteiger charge is -2.06. The van der Waals surface area contributed by atoms with Gasteiger partial charge in [-0.1, -0.05) is 53.9 Å². The average molecular weight is 252 g/mol. The number of hydrogen-bond acceptors (Lipinski definition) is 1. The zero-order chi connectivity index (χ0) is 12.8. The Morgan fingerprint density at radius 1 is 1.00 bits per heavy atom. The first-order valence-corrected chi connectivity index (χ1v) is 8.00. The highest BCUT2D eigenvalue weighted by atomic mass is 32.1. The third kappa shape index (κ3) is 4.46. The number of hydrogen-bond donors (Lipinski definition) is 0. The maximum Gasteiger partial charge on any atom is 0.0106 e.